The predicted octanol–water partition coefficient (Wildman–Crippen LogP) is 2.08. The highest BCUT2D eigenvalue weighted by Crippen LogP contribution is 2.32. The molecule has 0 amide bonds. The molecule has 1 aromatic rings. The maximum Gasteiger partial charge on any atom is 0.320 e. The van der Waals surface area contributed by atoms with Crippen LogP contribution in [0.4, 0.5) is 0 Å². The van der Waals surface area contributed by atoms with Gasteiger partial charge in [-0.3, -0.25) is 4.79 Å². The fourth-order valence-corrected chi connectivity index (χ4v) is 2.06. The molecule has 0 heterocycles. The number of nitrogens with two attached hydrogens (primary N) is 1. The Bertz CT molecular complexity index is 468. The van der Waals surface area contributed by atoms with Gasteiger partial charge in [-0.1, -0.05) is 23.7 Å². The minimum atomic E-state index is -0.976. The summed E-state index contributed by atoms with van der Waals surface area (Å²) in [7, 11) is 0. The van der Waals surface area contributed by atoms with Gasteiger partial charge < -0.3 is 10.8 Å². The largest absolute Gasteiger partial charge is 0.480 e. The Morgan fingerprint density at radius 3 is 3.00 bits per heavy atom. The van der Waals surface area contributed by atoms with E-state index in [1.165, 1.54) is 5.56 Å². The van der Waals surface area contributed by atoms with E-state index in [4.69, 9.17) is 22.4 Å². The predicted molar refractivity (Wildman–Crippen MR) is 63.4 cm³/mol. The number of carboxylic acids is 1. The van der Waals surface area contributed by atoms with Crippen molar-refractivity contribution in [2.45, 2.75) is 18.9 Å². The Labute approximate surface area is 98.5 Å². The topological polar surface area (TPSA) is 63.3 Å². The summed E-state index contributed by atoms with van der Waals surface area (Å²) in [5.41, 5.74) is 8.71. The molecule has 0 aromatic heterocycles. The Balaban J connectivity index is 2.22. The first-order chi connectivity index (χ1) is 7.58. The van der Waals surface area contributed by atoms with Crippen LogP contribution in [0.3, 0.4) is 0 Å². The number of carboxylic acid groups (broad SMARTS) is 1. The zero-order valence-corrected chi connectivity index (χ0v) is 9.37. The number of allylic oxidation sites excluding steroid dienone is 1. The molecule has 1 aliphatic carbocycles. The second-order valence-electron chi connectivity index (χ2n) is 3.88. The minimum absolute atomic E-state index is 0.350. The molecule has 0 fully saturated rings. The molecule has 2 rings (SSSR count). The Kier molecular flexibility index (Phi) is 2.99. The molecule has 0 saturated heterocycles. The number of fused-ring (bicyclic) bond motifs is 1. The lowest BCUT2D eigenvalue weighted by Crippen LogP contribution is -2.30. The quantitative estimate of drug-likeness (QED) is 0.846. The van der Waals surface area contributed by atoms with Crippen molar-refractivity contribution in [1.82, 2.24) is 0 Å². The summed E-state index contributed by atoms with van der Waals surface area (Å²) < 4.78 is 0. The third-order valence-electron chi connectivity index (χ3n) is 2.74. The van der Waals surface area contributed by atoms with E-state index >= 15 is 0 Å². The minimum Gasteiger partial charge on any atom is -0.480 e. The van der Waals surface area contributed by atoms with Crippen LogP contribution < -0.4 is 5.73 Å². The molecular formula is C12H12ClNO2. The molecular weight excluding hydrogens is 226 g/mol. The third-order valence-corrected chi connectivity index (χ3v) is 2.98. The van der Waals surface area contributed by atoms with Crippen molar-refractivity contribution < 1.29 is 9.90 Å². The molecule has 0 bridgehead atoms. The van der Waals surface area contributed by atoms with Crippen LogP contribution >= 0.6 is 11.6 Å². The number of hydrogen-bond acceptors (Lipinski definition) is 2. The first kappa shape index (κ1) is 11.2. The van der Waals surface area contributed by atoms with Crippen LogP contribution in [-0.2, 0) is 11.2 Å². The van der Waals surface area contributed by atoms with E-state index in [-0.39, 0.29) is 0 Å². The monoisotopic (exact) mass is 237 g/mol. The molecule has 1 aliphatic rings. The van der Waals surface area contributed by atoms with Crippen LogP contribution in [0.15, 0.2) is 24.3 Å². The van der Waals surface area contributed by atoms with E-state index < -0.39 is 12.0 Å². The number of rotatable bonds is 3. The van der Waals surface area contributed by atoms with Gasteiger partial charge >= 0.3 is 5.97 Å². The molecule has 0 spiro atoms. The van der Waals surface area contributed by atoms with E-state index in [0.717, 1.165) is 17.6 Å². The van der Waals surface area contributed by atoms with Gasteiger partial charge in [0.2, 0.25) is 0 Å². The van der Waals surface area contributed by atoms with Gasteiger partial charge in [0.25, 0.3) is 0 Å². The summed E-state index contributed by atoms with van der Waals surface area (Å²) in [6.45, 7) is 0. The van der Waals surface area contributed by atoms with E-state index in [9.17, 15) is 4.79 Å². The molecule has 84 valence electrons. The molecule has 0 radical (unpaired) electrons. The van der Waals surface area contributed by atoms with E-state index in [0.29, 0.717) is 11.4 Å². The highest BCUT2D eigenvalue weighted by Gasteiger charge is 2.19. The van der Waals surface area contributed by atoms with Gasteiger partial charge in [-0.15, -0.1) is 0 Å². The maximum atomic E-state index is 10.7. The second-order valence-corrected chi connectivity index (χ2v) is 4.32. The third kappa shape index (κ3) is 2.10. The molecule has 3 N–H and O–H groups in total. The van der Waals surface area contributed by atoms with Gasteiger partial charge in [0.1, 0.15) is 6.04 Å². The van der Waals surface area contributed by atoms with Crippen molar-refractivity contribution in [2.24, 2.45) is 5.73 Å². The summed E-state index contributed by atoms with van der Waals surface area (Å²) in [4.78, 5) is 10.7. The number of carbonyl (C=O) groups is 1. The number of aliphatic carboxylic acids is 1. The SMILES string of the molecule is NC(CC1=CCc2ccc(Cl)cc21)C(=O)O. The highest BCUT2D eigenvalue weighted by atomic mass is 35.5. The lowest BCUT2D eigenvalue weighted by molar-refractivity contribution is -0.138. The number of hydrogen-bond donors (Lipinski definition) is 2. The zero-order chi connectivity index (χ0) is 11.7. The van der Waals surface area contributed by atoms with Crippen LogP contribution in [0.2, 0.25) is 5.02 Å². The normalized spacial score (nSPS) is 15.5. The summed E-state index contributed by atoms with van der Waals surface area (Å²) >= 11 is 5.91. The number of halogens is 1. The van der Waals surface area contributed by atoms with Crippen LogP contribution in [-0.4, -0.2) is 17.1 Å². The zero-order valence-electron chi connectivity index (χ0n) is 8.61. The first-order valence-electron chi connectivity index (χ1n) is 5.04. The fourth-order valence-electron chi connectivity index (χ4n) is 1.89. The molecule has 1 atom stereocenters. The first-order valence-corrected chi connectivity index (χ1v) is 5.42. The maximum absolute atomic E-state index is 10.7. The summed E-state index contributed by atoms with van der Waals surface area (Å²) in [5, 5.41) is 9.43. The number of benzene rings is 1. The fraction of sp³-hybridized carbons (Fsp3) is 0.250. The van der Waals surface area contributed by atoms with Crippen molar-refractivity contribution >= 4 is 23.1 Å². The van der Waals surface area contributed by atoms with Gasteiger partial charge in [-0.25, -0.2) is 0 Å². The van der Waals surface area contributed by atoms with Crippen LogP contribution in [0, 0.1) is 0 Å². The van der Waals surface area contributed by atoms with Gasteiger partial charge in [0.15, 0.2) is 0 Å². The van der Waals surface area contributed by atoms with E-state index in [1.807, 2.05) is 24.3 Å². The van der Waals surface area contributed by atoms with Crippen molar-refractivity contribution in [3.05, 3.63) is 40.4 Å². The van der Waals surface area contributed by atoms with Crippen LogP contribution in [0.5, 0.6) is 0 Å². The lowest BCUT2D eigenvalue weighted by atomic mass is 10.0. The summed E-state index contributed by atoms with van der Waals surface area (Å²) in [5.74, 6) is -0.976. The van der Waals surface area contributed by atoms with Crippen molar-refractivity contribution in [3.8, 4) is 0 Å². The van der Waals surface area contributed by atoms with E-state index in [1.54, 1.807) is 0 Å². The van der Waals surface area contributed by atoms with Crippen molar-refractivity contribution in [3.63, 3.8) is 0 Å². The lowest BCUT2D eigenvalue weighted by Gasteiger charge is -2.09. The average molecular weight is 238 g/mol. The van der Waals surface area contributed by atoms with Gasteiger partial charge in [0.05, 0.1) is 0 Å². The summed E-state index contributed by atoms with van der Waals surface area (Å²) in [6, 6.07) is 4.82. The molecule has 0 aliphatic heterocycles. The van der Waals surface area contributed by atoms with Gasteiger partial charge in [-0.05, 0) is 41.7 Å². The average Bonchev–Trinajstić information content (AvgIpc) is 2.61. The summed E-state index contributed by atoms with van der Waals surface area (Å²) in [6.07, 6.45) is 3.20. The Hall–Kier alpha value is -1.32. The molecule has 16 heavy (non-hydrogen) atoms. The standard InChI is InChI=1S/C12H12ClNO2/c13-9-4-3-7-1-2-8(10(7)6-9)5-11(14)12(15)16/h2-4,6,11H,1,5,14H2,(H,15,16). The van der Waals surface area contributed by atoms with Crippen LogP contribution in [0.25, 0.3) is 5.57 Å². The molecule has 4 heteroatoms. The highest BCUT2D eigenvalue weighted by molar-refractivity contribution is 6.30. The smallest absolute Gasteiger partial charge is 0.320 e. The molecule has 1 unspecified atom stereocenters. The van der Waals surface area contributed by atoms with Gasteiger partial charge in [-0.2, -0.15) is 0 Å². The Morgan fingerprint density at radius 1 is 1.56 bits per heavy atom. The Morgan fingerprint density at radius 2 is 2.31 bits per heavy atom. The van der Waals surface area contributed by atoms with Crippen molar-refractivity contribution in [2.75, 3.05) is 0 Å². The van der Waals surface area contributed by atoms with Gasteiger partial charge in [0, 0.05) is 5.02 Å². The second kappa shape index (κ2) is 4.28. The van der Waals surface area contributed by atoms with Crippen LogP contribution in [0.1, 0.15) is 17.5 Å². The molecule has 0 saturated carbocycles. The van der Waals surface area contributed by atoms with E-state index in [2.05, 4.69) is 0 Å². The molecule has 3 nitrogen and oxygen atoms in total. The molecule has 1 aromatic carbocycles. The van der Waals surface area contributed by atoms with Crippen molar-refractivity contribution in [1.29, 1.82) is 0 Å².